The summed E-state index contributed by atoms with van der Waals surface area (Å²) in [7, 11) is 0. The summed E-state index contributed by atoms with van der Waals surface area (Å²) in [4.78, 5) is 2.07. The molecule has 0 aliphatic carbocycles. The summed E-state index contributed by atoms with van der Waals surface area (Å²) in [6, 6.07) is -0.228. The Hall–Kier alpha value is -0.160. The Bertz CT molecular complexity index is 212. The van der Waals surface area contributed by atoms with E-state index in [9.17, 15) is 10.2 Å². The van der Waals surface area contributed by atoms with Gasteiger partial charge in [-0.15, -0.1) is 0 Å². The molecule has 2 aliphatic heterocycles. The minimum absolute atomic E-state index is 0.0379. The Morgan fingerprint density at radius 1 is 1.29 bits per heavy atom. The van der Waals surface area contributed by atoms with E-state index >= 15 is 0 Å². The first-order chi connectivity index (χ1) is 6.66. The summed E-state index contributed by atoms with van der Waals surface area (Å²) in [6.07, 6.45) is 0.712. The Labute approximate surface area is 84.2 Å². The molecule has 0 aromatic carbocycles. The average molecular weight is 201 g/mol. The summed E-state index contributed by atoms with van der Waals surface area (Å²) >= 11 is 0. The van der Waals surface area contributed by atoms with Gasteiger partial charge in [-0.1, -0.05) is 6.92 Å². The van der Waals surface area contributed by atoms with Crippen molar-refractivity contribution in [2.75, 3.05) is 13.2 Å². The maximum absolute atomic E-state index is 9.86. The maximum atomic E-state index is 9.86. The van der Waals surface area contributed by atoms with Crippen LogP contribution in [0, 0.1) is 5.92 Å². The minimum atomic E-state index is -0.787. The summed E-state index contributed by atoms with van der Waals surface area (Å²) < 4.78 is 0. The topological polar surface area (TPSA) is 63.9 Å². The average Bonchev–Trinajstić information content (AvgIpc) is 2.41. The fraction of sp³-hybridized carbons (Fsp3) is 1.00. The van der Waals surface area contributed by atoms with E-state index in [4.69, 9.17) is 5.11 Å². The molecule has 3 N–H and O–H groups in total. The number of aliphatic hydroxyl groups is 3. The molecule has 4 heteroatoms. The monoisotopic (exact) mass is 201 g/mol. The molecule has 4 nitrogen and oxygen atoms in total. The standard InChI is InChI=1S/C10H19NO3/c1-6-3-2-4-11-7(5-12)9(13)10(14)8(6)11/h6-10,12-14H,2-5H2,1H3/t6-,7+,8-,9-,10+/m0/s1. The molecule has 5 atom stereocenters. The second-order valence-corrected chi connectivity index (χ2v) is 4.58. The zero-order valence-corrected chi connectivity index (χ0v) is 8.50. The molecule has 2 heterocycles. The number of aliphatic hydroxyl groups excluding tert-OH is 3. The molecule has 0 amide bonds. The van der Waals surface area contributed by atoms with E-state index in [0.717, 1.165) is 19.4 Å². The van der Waals surface area contributed by atoms with Gasteiger partial charge in [-0.05, 0) is 25.3 Å². The molecule has 82 valence electrons. The molecule has 0 aromatic rings. The summed E-state index contributed by atoms with van der Waals surface area (Å²) in [5.74, 6) is 0.407. The third kappa shape index (κ3) is 1.37. The van der Waals surface area contributed by atoms with Crippen LogP contribution in [0.1, 0.15) is 19.8 Å². The quantitative estimate of drug-likeness (QED) is 0.519. The molecular weight excluding hydrogens is 182 g/mol. The van der Waals surface area contributed by atoms with Gasteiger partial charge in [0, 0.05) is 6.04 Å². The third-order valence-electron chi connectivity index (χ3n) is 3.75. The van der Waals surface area contributed by atoms with Crippen molar-refractivity contribution in [3.05, 3.63) is 0 Å². The van der Waals surface area contributed by atoms with Gasteiger partial charge in [-0.25, -0.2) is 0 Å². The second kappa shape index (κ2) is 3.77. The normalized spacial score (nSPS) is 49.3. The molecule has 0 aromatic heterocycles. The highest BCUT2D eigenvalue weighted by molar-refractivity contribution is 5.03. The minimum Gasteiger partial charge on any atom is -0.395 e. The van der Waals surface area contributed by atoms with Gasteiger partial charge in [0.1, 0.15) is 0 Å². The van der Waals surface area contributed by atoms with E-state index < -0.39 is 12.2 Å². The Balaban J connectivity index is 2.19. The van der Waals surface area contributed by atoms with E-state index in [1.807, 2.05) is 0 Å². The van der Waals surface area contributed by atoms with Crippen LogP contribution in [0.4, 0.5) is 0 Å². The predicted octanol–water partition coefficient (Wildman–Crippen LogP) is -0.817. The van der Waals surface area contributed by atoms with Gasteiger partial charge in [-0.3, -0.25) is 4.90 Å². The van der Waals surface area contributed by atoms with Crippen LogP contribution in [0.25, 0.3) is 0 Å². The molecule has 0 spiro atoms. The molecule has 0 radical (unpaired) electrons. The first kappa shape index (κ1) is 10.4. The number of fused-ring (bicyclic) bond motifs is 1. The molecule has 0 bridgehead atoms. The lowest BCUT2D eigenvalue weighted by molar-refractivity contribution is 0.0123. The van der Waals surface area contributed by atoms with Gasteiger partial charge in [0.25, 0.3) is 0 Å². The van der Waals surface area contributed by atoms with Crippen LogP contribution in [0.2, 0.25) is 0 Å². The summed E-state index contributed by atoms with van der Waals surface area (Å²) in [5.41, 5.74) is 0. The van der Waals surface area contributed by atoms with Gasteiger partial charge in [-0.2, -0.15) is 0 Å². The molecule has 2 fully saturated rings. The molecular formula is C10H19NO3. The number of rotatable bonds is 1. The number of piperidine rings is 1. The lowest BCUT2D eigenvalue weighted by atomic mass is 9.89. The van der Waals surface area contributed by atoms with Crippen molar-refractivity contribution in [2.24, 2.45) is 5.92 Å². The highest BCUT2D eigenvalue weighted by Gasteiger charge is 2.50. The summed E-state index contributed by atoms with van der Waals surface area (Å²) in [5, 5.41) is 28.8. The number of hydrogen-bond donors (Lipinski definition) is 3. The predicted molar refractivity (Wildman–Crippen MR) is 51.8 cm³/mol. The van der Waals surface area contributed by atoms with Crippen LogP contribution in [-0.2, 0) is 0 Å². The maximum Gasteiger partial charge on any atom is 0.0991 e. The van der Waals surface area contributed by atoms with Crippen LogP contribution >= 0.6 is 0 Å². The smallest absolute Gasteiger partial charge is 0.0991 e. The fourth-order valence-electron chi connectivity index (χ4n) is 3.00. The molecule has 0 saturated carbocycles. The SMILES string of the molecule is C[C@H]1CCCN2[C@@H]1[C@@H](O)[C@@H](O)[C@H]2CO. The first-order valence-electron chi connectivity index (χ1n) is 5.39. The third-order valence-corrected chi connectivity index (χ3v) is 3.75. The van der Waals surface area contributed by atoms with E-state index in [0.29, 0.717) is 5.92 Å². The van der Waals surface area contributed by atoms with Crippen molar-refractivity contribution in [3.63, 3.8) is 0 Å². The molecule has 2 rings (SSSR count). The van der Waals surface area contributed by atoms with Gasteiger partial charge >= 0.3 is 0 Å². The van der Waals surface area contributed by atoms with Crippen molar-refractivity contribution in [1.82, 2.24) is 4.90 Å². The van der Waals surface area contributed by atoms with Crippen LogP contribution in [0.5, 0.6) is 0 Å². The Morgan fingerprint density at radius 3 is 2.64 bits per heavy atom. The molecule has 14 heavy (non-hydrogen) atoms. The van der Waals surface area contributed by atoms with Crippen LogP contribution in [0.15, 0.2) is 0 Å². The van der Waals surface area contributed by atoms with Crippen molar-refractivity contribution >= 4 is 0 Å². The number of hydrogen-bond acceptors (Lipinski definition) is 4. The lowest BCUT2D eigenvalue weighted by Crippen LogP contribution is -2.47. The van der Waals surface area contributed by atoms with Gasteiger partial charge in [0.05, 0.1) is 24.9 Å². The van der Waals surface area contributed by atoms with Crippen molar-refractivity contribution in [3.8, 4) is 0 Å². The van der Waals surface area contributed by atoms with E-state index in [1.165, 1.54) is 0 Å². The highest BCUT2D eigenvalue weighted by atomic mass is 16.3. The Morgan fingerprint density at radius 2 is 2.00 bits per heavy atom. The van der Waals surface area contributed by atoms with Crippen LogP contribution in [-0.4, -0.2) is 57.7 Å². The molecule has 2 aliphatic rings. The van der Waals surface area contributed by atoms with Crippen molar-refractivity contribution < 1.29 is 15.3 Å². The fourth-order valence-corrected chi connectivity index (χ4v) is 3.00. The first-order valence-corrected chi connectivity index (χ1v) is 5.39. The van der Waals surface area contributed by atoms with Crippen LogP contribution in [0.3, 0.4) is 0 Å². The van der Waals surface area contributed by atoms with Crippen molar-refractivity contribution in [2.45, 2.75) is 44.1 Å². The largest absolute Gasteiger partial charge is 0.395 e. The summed E-state index contributed by atoms with van der Waals surface area (Å²) in [6.45, 7) is 2.92. The van der Waals surface area contributed by atoms with E-state index in [-0.39, 0.29) is 18.7 Å². The number of nitrogens with zero attached hydrogens (tertiary/aromatic N) is 1. The van der Waals surface area contributed by atoms with E-state index in [1.54, 1.807) is 0 Å². The molecule has 0 unspecified atom stereocenters. The van der Waals surface area contributed by atoms with Crippen molar-refractivity contribution in [1.29, 1.82) is 0 Å². The molecule has 2 saturated heterocycles. The van der Waals surface area contributed by atoms with Gasteiger partial charge in [0.15, 0.2) is 0 Å². The van der Waals surface area contributed by atoms with Gasteiger partial charge < -0.3 is 15.3 Å². The van der Waals surface area contributed by atoms with Crippen LogP contribution < -0.4 is 0 Å². The van der Waals surface area contributed by atoms with Gasteiger partial charge in [0.2, 0.25) is 0 Å². The zero-order valence-electron chi connectivity index (χ0n) is 8.50. The highest BCUT2D eigenvalue weighted by Crippen LogP contribution is 2.35. The Kier molecular flexibility index (Phi) is 2.79. The lowest BCUT2D eigenvalue weighted by Gasteiger charge is -2.37. The van der Waals surface area contributed by atoms with E-state index in [2.05, 4.69) is 11.8 Å². The second-order valence-electron chi connectivity index (χ2n) is 4.58. The zero-order chi connectivity index (χ0) is 10.3.